The molecule has 0 saturated carbocycles. The molecule has 0 spiro atoms. The summed E-state index contributed by atoms with van der Waals surface area (Å²) in [6, 6.07) is 11.3. The fraction of sp³-hybridized carbons (Fsp3) is 0.300. The normalized spacial score (nSPS) is 10.6. The third-order valence-corrected chi connectivity index (χ3v) is 4.26. The van der Waals surface area contributed by atoms with Gasteiger partial charge in [-0.3, -0.25) is 4.79 Å². The minimum atomic E-state index is -0.225. The number of rotatable bonds is 8. The maximum atomic E-state index is 12.5. The van der Waals surface area contributed by atoms with Crippen LogP contribution in [-0.4, -0.2) is 43.7 Å². The Morgan fingerprint density at radius 3 is 2.52 bits per heavy atom. The molecule has 142 valence electrons. The summed E-state index contributed by atoms with van der Waals surface area (Å²) >= 11 is 0. The van der Waals surface area contributed by atoms with Crippen LogP contribution in [0.15, 0.2) is 36.4 Å². The lowest BCUT2D eigenvalue weighted by Gasteiger charge is -2.15. The van der Waals surface area contributed by atoms with Crippen molar-refractivity contribution < 1.29 is 19.0 Å². The van der Waals surface area contributed by atoms with Crippen molar-refractivity contribution in [3.05, 3.63) is 47.8 Å². The number of hydrogen-bond donors (Lipinski definition) is 2. The van der Waals surface area contributed by atoms with Crippen molar-refractivity contribution in [2.45, 2.75) is 12.8 Å². The van der Waals surface area contributed by atoms with Gasteiger partial charge in [0.15, 0.2) is 11.5 Å². The van der Waals surface area contributed by atoms with Crippen LogP contribution in [0.4, 0.5) is 0 Å². The molecule has 0 aliphatic heterocycles. The molecule has 0 bridgehead atoms. The van der Waals surface area contributed by atoms with Gasteiger partial charge in [0.2, 0.25) is 5.75 Å². The van der Waals surface area contributed by atoms with Gasteiger partial charge in [-0.15, -0.1) is 0 Å². The van der Waals surface area contributed by atoms with E-state index in [0.717, 1.165) is 29.7 Å². The van der Waals surface area contributed by atoms with Gasteiger partial charge < -0.3 is 24.5 Å². The molecule has 0 saturated heterocycles. The van der Waals surface area contributed by atoms with Crippen LogP contribution in [0.1, 0.15) is 22.6 Å². The summed E-state index contributed by atoms with van der Waals surface area (Å²) in [6.07, 6.45) is 1.51. The fourth-order valence-electron chi connectivity index (χ4n) is 2.96. The van der Waals surface area contributed by atoms with Crippen LogP contribution in [0, 0.1) is 0 Å². The van der Waals surface area contributed by atoms with E-state index in [1.54, 1.807) is 12.1 Å². The molecule has 0 radical (unpaired) electrons. The van der Waals surface area contributed by atoms with Gasteiger partial charge >= 0.3 is 0 Å². The summed E-state index contributed by atoms with van der Waals surface area (Å²) in [5.41, 5.74) is 2.37. The van der Waals surface area contributed by atoms with Crippen LogP contribution < -0.4 is 19.5 Å². The number of ether oxygens (including phenoxy) is 3. The number of hydrogen-bond acceptors (Lipinski definition) is 5. The van der Waals surface area contributed by atoms with Gasteiger partial charge in [0.25, 0.3) is 5.91 Å². The Morgan fingerprint density at radius 2 is 1.81 bits per heavy atom. The van der Waals surface area contributed by atoms with Crippen molar-refractivity contribution in [2.24, 2.45) is 0 Å². The van der Waals surface area contributed by atoms with E-state index in [2.05, 4.69) is 15.3 Å². The third-order valence-electron chi connectivity index (χ3n) is 4.26. The Kier molecular flexibility index (Phi) is 5.80. The van der Waals surface area contributed by atoms with Crippen LogP contribution in [-0.2, 0) is 6.42 Å². The van der Waals surface area contributed by atoms with E-state index < -0.39 is 0 Å². The second-order valence-electron chi connectivity index (χ2n) is 5.94. The average molecular weight is 369 g/mol. The molecule has 1 amide bonds. The molecular weight excluding hydrogens is 346 g/mol. The fourth-order valence-corrected chi connectivity index (χ4v) is 2.96. The summed E-state index contributed by atoms with van der Waals surface area (Å²) in [5.74, 6) is 1.95. The highest BCUT2D eigenvalue weighted by atomic mass is 16.5. The zero-order valence-electron chi connectivity index (χ0n) is 15.7. The average Bonchev–Trinajstić information content (AvgIpc) is 3.12. The first-order valence-corrected chi connectivity index (χ1v) is 8.68. The summed E-state index contributed by atoms with van der Waals surface area (Å²) in [5, 5.41) is 2.91. The topological polar surface area (TPSA) is 85.5 Å². The van der Waals surface area contributed by atoms with Crippen LogP contribution in [0.25, 0.3) is 11.0 Å². The Hall–Kier alpha value is -3.22. The highest BCUT2D eigenvalue weighted by molar-refractivity contribution is 5.98. The van der Waals surface area contributed by atoms with Gasteiger partial charge in [-0.1, -0.05) is 12.1 Å². The van der Waals surface area contributed by atoms with E-state index in [0.29, 0.717) is 29.4 Å². The van der Waals surface area contributed by atoms with E-state index >= 15 is 0 Å². The van der Waals surface area contributed by atoms with Gasteiger partial charge in [-0.2, -0.15) is 0 Å². The maximum absolute atomic E-state index is 12.5. The van der Waals surface area contributed by atoms with E-state index in [-0.39, 0.29) is 5.91 Å². The van der Waals surface area contributed by atoms with Crippen molar-refractivity contribution >= 4 is 16.9 Å². The number of H-pyrrole nitrogens is 1. The number of aryl methyl sites for hydroxylation is 1. The number of amides is 1. The lowest BCUT2D eigenvalue weighted by Crippen LogP contribution is -2.25. The summed E-state index contributed by atoms with van der Waals surface area (Å²) < 4.78 is 15.9. The molecule has 0 atom stereocenters. The lowest BCUT2D eigenvalue weighted by atomic mass is 10.1. The minimum Gasteiger partial charge on any atom is -0.493 e. The Balaban J connectivity index is 1.60. The number of nitrogens with zero attached hydrogens (tertiary/aromatic N) is 1. The second-order valence-corrected chi connectivity index (χ2v) is 5.94. The monoisotopic (exact) mass is 369 g/mol. The Morgan fingerprint density at radius 1 is 1.04 bits per heavy atom. The number of para-hydroxylation sites is 2. The molecule has 3 aromatic rings. The molecule has 0 unspecified atom stereocenters. The van der Waals surface area contributed by atoms with Gasteiger partial charge in [0.05, 0.1) is 37.9 Å². The standard InChI is InChI=1S/C20H23N3O4/c1-25-16-11-10-13(18(26-2)19(16)27-3)20(24)21-12-6-9-17-22-14-7-4-5-8-15(14)23-17/h4-5,7-8,10-11H,6,9,12H2,1-3H3,(H,21,24)(H,22,23). The molecule has 7 nitrogen and oxygen atoms in total. The Labute approximate surface area is 157 Å². The summed E-state index contributed by atoms with van der Waals surface area (Å²) in [6.45, 7) is 0.521. The molecule has 2 aromatic carbocycles. The number of benzene rings is 2. The SMILES string of the molecule is COc1ccc(C(=O)NCCCc2nc3ccccc3[nH]2)c(OC)c1OC. The first-order valence-electron chi connectivity index (χ1n) is 8.68. The third kappa shape index (κ3) is 3.97. The molecule has 27 heavy (non-hydrogen) atoms. The molecule has 2 N–H and O–H groups in total. The molecule has 0 fully saturated rings. The Bertz CT molecular complexity index is 903. The van der Waals surface area contributed by atoms with E-state index in [1.165, 1.54) is 21.3 Å². The number of carbonyl (C=O) groups is 1. The predicted molar refractivity (Wildman–Crippen MR) is 103 cm³/mol. The number of methoxy groups -OCH3 is 3. The van der Waals surface area contributed by atoms with Crippen molar-refractivity contribution in [3.63, 3.8) is 0 Å². The molecule has 3 rings (SSSR count). The number of fused-ring (bicyclic) bond motifs is 1. The molecular formula is C20H23N3O4. The van der Waals surface area contributed by atoms with Gasteiger partial charge in [-0.05, 0) is 30.7 Å². The number of aromatic nitrogens is 2. The minimum absolute atomic E-state index is 0.225. The number of carbonyl (C=O) groups excluding carboxylic acids is 1. The molecule has 7 heteroatoms. The highest BCUT2D eigenvalue weighted by Gasteiger charge is 2.20. The van der Waals surface area contributed by atoms with Gasteiger partial charge in [-0.25, -0.2) is 4.98 Å². The molecule has 0 aliphatic rings. The van der Waals surface area contributed by atoms with Crippen molar-refractivity contribution in [2.75, 3.05) is 27.9 Å². The van der Waals surface area contributed by atoms with Crippen LogP contribution in [0.2, 0.25) is 0 Å². The molecule has 1 heterocycles. The summed E-state index contributed by atoms with van der Waals surface area (Å²) in [4.78, 5) is 20.4. The van der Waals surface area contributed by atoms with E-state index in [1.807, 2.05) is 24.3 Å². The highest BCUT2D eigenvalue weighted by Crippen LogP contribution is 2.39. The smallest absolute Gasteiger partial charge is 0.255 e. The van der Waals surface area contributed by atoms with Gasteiger partial charge in [0.1, 0.15) is 5.82 Å². The van der Waals surface area contributed by atoms with E-state index in [4.69, 9.17) is 14.2 Å². The van der Waals surface area contributed by atoms with Gasteiger partial charge in [0, 0.05) is 13.0 Å². The maximum Gasteiger partial charge on any atom is 0.255 e. The largest absolute Gasteiger partial charge is 0.493 e. The number of nitrogens with one attached hydrogen (secondary N) is 2. The molecule has 0 aliphatic carbocycles. The zero-order chi connectivity index (χ0) is 19.2. The predicted octanol–water partition coefficient (Wildman–Crippen LogP) is 2.95. The first-order chi connectivity index (χ1) is 13.2. The summed E-state index contributed by atoms with van der Waals surface area (Å²) in [7, 11) is 4.54. The lowest BCUT2D eigenvalue weighted by molar-refractivity contribution is 0.0949. The van der Waals surface area contributed by atoms with E-state index in [9.17, 15) is 4.79 Å². The number of imidazole rings is 1. The van der Waals surface area contributed by atoms with Crippen molar-refractivity contribution in [1.29, 1.82) is 0 Å². The quantitative estimate of drug-likeness (QED) is 0.596. The molecule has 1 aromatic heterocycles. The zero-order valence-corrected chi connectivity index (χ0v) is 15.7. The van der Waals surface area contributed by atoms with Crippen LogP contribution >= 0.6 is 0 Å². The van der Waals surface area contributed by atoms with Crippen molar-refractivity contribution in [1.82, 2.24) is 15.3 Å². The van der Waals surface area contributed by atoms with Crippen molar-refractivity contribution in [3.8, 4) is 17.2 Å². The first kappa shape index (κ1) is 18.6. The second kappa shape index (κ2) is 8.44. The number of aromatic amines is 1. The van der Waals surface area contributed by atoms with Crippen LogP contribution in [0.5, 0.6) is 17.2 Å². The van der Waals surface area contributed by atoms with Crippen LogP contribution in [0.3, 0.4) is 0 Å².